The zero-order valence-corrected chi connectivity index (χ0v) is 22.4. The monoisotopic (exact) mass is 558 g/mol. The second-order valence-corrected chi connectivity index (χ2v) is 9.18. The maximum atomic E-state index is 13.2. The smallest absolute Gasteiger partial charge is 0.267 e. The lowest BCUT2D eigenvalue weighted by Gasteiger charge is -2.21. The average molecular weight is 559 g/mol. The Hall–Kier alpha value is -5.29. The Morgan fingerprint density at radius 3 is 2.59 bits per heavy atom. The van der Waals surface area contributed by atoms with Crippen LogP contribution in [0.3, 0.4) is 0 Å². The summed E-state index contributed by atoms with van der Waals surface area (Å²) in [6.07, 6.45) is 4.97. The Labute approximate surface area is 235 Å². The van der Waals surface area contributed by atoms with Gasteiger partial charge in [0.15, 0.2) is 11.5 Å². The van der Waals surface area contributed by atoms with Crippen LogP contribution in [-0.4, -0.2) is 52.8 Å². The number of carbonyl (C=O) groups excluding carboxylic acids is 3. The number of phenols is 1. The summed E-state index contributed by atoms with van der Waals surface area (Å²) >= 11 is 0. The zero-order valence-electron chi connectivity index (χ0n) is 22.4. The number of ether oxygens (including phenoxy) is 2. The minimum atomic E-state index is -0.670. The van der Waals surface area contributed by atoms with Gasteiger partial charge in [-0.3, -0.25) is 19.6 Å². The first-order valence-electron chi connectivity index (χ1n) is 12.7. The number of amides is 3. The van der Waals surface area contributed by atoms with Crippen molar-refractivity contribution in [3.05, 3.63) is 89.6 Å². The van der Waals surface area contributed by atoms with Crippen LogP contribution in [0.2, 0.25) is 0 Å². The van der Waals surface area contributed by atoms with Crippen LogP contribution in [0.5, 0.6) is 17.2 Å². The van der Waals surface area contributed by atoms with Crippen molar-refractivity contribution in [3.63, 3.8) is 0 Å². The molecule has 0 radical (unpaired) electrons. The average Bonchev–Trinajstić information content (AvgIpc) is 3.37. The van der Waals surface area contributed by atoms with Gasteiger partial charge in [0.1, 0.15) is 12.4 Å². The molecule has 1 heterocycles. The van der Waals surface area contributed by atoms with Gasteiger partial charge in [0.25, 0.3) is 11.8 Å². The Bertz CT molecular complexity index is 1600. The number of methoxy groups -OCH3 is 1. The fraction of sp³-hybridized carbons (Fsp3) is 0.167. The highest BCUT2D eigenvalue weighted by molar-refractivity contribution is 5.98. The molecule has 4 rings (SSSR count). The summed E-state index contributed by atoms with van der Waals surface area (Å²) < 4.78 is 11.5. The van der Waals surface area contributed by atoms with E-state index in [1.54, 1.807) is 18.2 Å². The number of hydroxylamine groups is 1. The van der Waals surface area contributed by atoms with Crippen LogP contribution in [0.1, 0.15) is 28.4 Å². The second kappa shape index (κ2) is 13.2. The van der Waals surface area contributed by atoms with E-state index in [9.17, 15) is 19.5 Å². The Morgan fingerprint density at radius 1 is 1.05 bits per heavy atom. The topological polar surface area (TPSA) is 162 Å². The summed E-state index contributed by atoms with van der Waals surface area (Å²) in [5.74, 6) is -0.943. The third-order valence-electron chi connectivity index (χ3n) is 6.20. The lowest BCUT2D eigenvalue weighted by atomic mass is 10.0. The minimum absolute atomic E-state index is 0.0451. The van der Waals surface area contributed by atoms with Gasteiger partial charge in [-0.1, -0.05) is 24.3 Å². The molecule has 1 atom stereocenters. The van der Waals surface area contributed by atoms with Gasteiger partial charge in [-0.05, 0) is 54.0 Å². The molecule has 0 bridgehead atoms. The molecular weight excluding hydrogens is 528 g/mol. The molecule has 3 amide bonds. The number of aromatic amines is 1. The molecule has 41 heavy (non-hydrogen) atoms. The van der Waals surface area contributed by atoms with Gasteiger partial charge in [-0.2, -0.15) is 0 Å². The zero-order chi connectivity index (χ0) is 29.4. The third-order valence-corrected chi connectivity index (χ3v) is 6.20. The van der Waals surface area contributed by atoms with E-state index in [1.807, 2.05) is 30.5 Å². The molecule has 0 unspecified atom stereocenters. The summed E-state index contributed by atoms with van der Waals surface area (Å²) in [6, 6.07) is 16.6. The number of fused-ring (bicyclic) bond motifs is 1. The van der Waals surface area contributed by atoms with Gasteiger partial charge < -0.3 is 30.2 Å². The number of aromatic hydroxyl groups is 1. The fourth-order valence-corrected chi connectivity index (χ4v) is 4.29. The molecule has 0 aliphatic rings. The van der Waals surface area contributed by atoms with E-state index in [0.717, 1.165) is 16.5 Å². The van der Waals surface area contributed by atoms with Gasteiger partial charge in [0, 0.05) is 41.9 Å². The molecule has 4 aromatic rings. The minimum Gasteiger partial charge on any atom is -0.507 e. The Morgan fingerprint density at radius 2 is 1.85 bits per heavy atom. The third kappa shape index (κ3) is 7.43. The van der Waals surface area contributed by atoms with E-state index in [0.29, 0.717) is 29.2 Å². The van der Waals surface area contributed by atoms with E-state index in [2.05, 4.69) is 15.6 Å². The maximum Gasteiger partial charge on any atom is 0.267 e. The number of nitrogens with one attached hydrogen (secondary N) is 4. The van der Waals surface area contributed by atoms with Gasteiger partial charge in [-0.15, -0.1) is 0 Å². The number of anilines is 1. The predicted molar refractivity (Wildman–Crippen MR) is 153 cm³/mol. The molecule has 0 spiro atoms. The first-order valence-corrected chi connectivity index (χ1v) is 12.7. The molecule has 0 saturated carbocycles. The molecular formula is C30H30N4O7. The van der Waals surface area contributed by atoms with Crippen LogP contribution in [0.4, 0.5) is 5.69 Å². The molecule has 0 fully saturated rings. The summed E-state index contributed by atoms with van der Waals surface area (Å²) in [5.41, 5.74) is 4.50. The van der Waals surface area contributed by atoms with Crippen LogP contribution in [-0.2, 0) is 16.0 Å². The standard InChI is InChI=1S/C30H30N4O7/c1-18(35)32-21-9-10-24(26(36)15-21)30(38)33-22(14-20-16-31-25-6-4-3-5-23(20)25)17-41-27-11-7-19(13-28(27)40-2)8-12-29(37)34-39/h3-13,15-16,22,31,36,39H,14,17H2,1-2H3,(H,32,35)(H,33,38)(H,34,37)/b12-8+/t22-/m0/s1. The van der Waals surface area contributed by atoms with Gasteiger partial charge in [0.05, 0.1) is 18.7 Å². The highest BCUT2D eigenvalue weighted by Gasteiger charge is 2.20. The molecule has 1 aromatic heterocycles. The van der Waals surface area contributed by atoms with Gasteiger partial charge in [0.2, 0.25) is 5.91 Å². The lowest BCUT2D eigenvalue weighted by Crippen LogP contribution is -2.40. The Kier molecular flexibility index (Phi) is 9.23. The van der Waals surface area contributed by atoms with Crippen molar-refractivity contribution in [1.29, 1.82) is 0 Å². The van der Waals surface area contributed by atoms with Crippen LogP contribution < -0.4 is 25.6 Å². The van der Waals surface area contributed by atoms with Crippen molar-refractivity contribution in [2.45, 2.75) is 19.4 Å². The number of aromatic nitrogens is 1. The van der Waals surface area contributed by atoms with Crippen LogP contribution in [0, 0.1) is 0 Å². The summed E-state index contributed by atoms with van der Waals surface area (Å²) in [6.45, 7) is 1.41. The van der Waals surface area contributed by atoms with Gasteiger partial charge in [-0.25, -0.2) is 5.48 Å². The SMILES string of the molecule is COc1cc(/C=C/C(=O)NO)ccc1OC[C@H](Cc1c[nH]c2ccccc12)NC(=O)c1ccc(NC(C)=O)cc1O. The number of benzene rings is 3. The number of rotatable bonds is 11. The second-order valence-electron chi connectivity index (χ2n) is 9.18. The molecule has 6 N–H and O–H groups in total. The molecule has 0 saturated heterocycles. The summed E-state index contributed by atoms with van der Waals surface area (Å²) in [7, 11) is 1.48. The highest BCUT2D eigenvalue weighted by atomic mass is 16.5. The van der Waals surface area contributed by atoms with E-state index in [1.165, 1.54) is 49.9 Å². The molecule has 11 nitrogen and oxygen atoms in total. The molecule has 212 valence electrons. The molecule has 0 aliphatic heterocycles. The summed E-state index contributed by atoms with van der Waals surface area (Å²) in [4.78, 5) is 39.1. The number of para-hydroxylation sites is 1. The maximum absolute atomic E-state index is 13.2. The van der Waals surface area contributed by atoms with Crippen molar-refractivity contribution in [3.8, 4) is 17.2 Å². The number of hydrogen-bond donors (Lipinski definition) is 6. The van der Waals surface area contributed by atoms with Crippen LogP contribution in [0.25, 0.3) is 17.0 Å². The van der Waals surface area contributed by atoms with Crippen molar-refractivity contribution < 1.29 is 34.2 Å². The predicted octanol–water partition coefficient (Wildman–Crippen LogP) is 3.78. The van der Waals surface area contributed by atoms with E-state index < -0.39 is 17.9 Å². The number of hydrogen-bond acceptors (Lipinski definition) is 7. The normalized spacial score (nSPS) is 11.7. The number of H-pyrrole nitrogens is 1. The van der Waals surface area contributed by atoms with E-state index in [-0.39, 0.29) is 23.8 Å². The first-order chi connectivity index (χ1) is 19.8. The molecule has 3 aromatic carbocycles. The van der Waals surface area contributed by atoms with Gasteiger partial charge >= 0.3 is 0 Å². The number of carbonyl (C=O) groups is 3. The van der Waals surface area contributed by atoms with Crippen molar-refractivity contribution in [1.82, 2.24) is 15.8 Å². The highest BCUT2D eigenvalue weighted by Crippen LogP contribution is 2.29. The largest absolute Gasteiger partial charge is 0.507 e. The quantitative estimate of drug-likeness (QED) is 0.0927. The number of phenolic OH excluding ortho intramolecular Hbond substituents is 1. The fourth-order valence-electron chi connectivity index (χ4n) is 4.29. The summed E-state index contributed by atoms with van der Waals surface area (Å²) in [5, 5.41) is 25.7. The van der Waals surface area contributed by atoms with Crippen molar-refractivity contribution >= 4 is 40.4 Å². The van der Waals surface area contributed by atoms with Crippen LogP contribution in [0.15, 0.2) is 72.9 Å². The lowest BCUT2D eigenvalue weighted by molar-refractivity contribution is -0.124. The van der Waals surface area contributed by atoms with Crippen LogP contribution >= 0.6 is 0 Å². The van der Waals surface area contributed by atoms with E-state index in [4.69, 9.17) is 14.7 Å². The Balaban J connectivity index is 1.55. The first kappa shape index (κ1) is 28.7. The van der Waals surface area contributed by atoms with Crippen molar-refractivity contribution in [2.24, 2.45) is 0 Å². The van der Waals surface area contributed by atoms with Crippen molar-refractivity contribution in [2.75, 3.05) is 19.0 Å². The van der Waals surface area contributed by atoms with E-state index >= 15 is 0 Å². The molecule has 11 heteroatoms. The molecule has 0 aliphatic carbocycles.